The van der Waals surface area contributed by atoms with E-state index in [1.165, 1.54) is 0 Å². The van der Waals surface area contributed by atoms with Gasteiger partial charge in [-0.15, -0.1) is 0 Å². The zero-order valence-corrected chi connectivity index (χ0v) is 30.8. The van der Waals surface area contributed by atoms with E-state index in [1.807, 2.05) is 0 Å². The summed E-state index contributed by atoms with van der Waals surface area (Å²) in [4.78, 5) is 97.3. The molecule has 0 radical (unpaired) electrons. The summed E-state index contributed by atoms with van der Waals surface area (Å²) in [6.07, 6.45) is 0. The molecule has 0 aliphatic carbocycles. The summed E-state index contributed by atoms with van der Waals surface area (Å²) >= 11 is 0. The first-order valence-corrected chi connectivity index (χ1v) is 13.1. The summed E-state index contributed by atoms with van der Waals surface area (Å²) in [6, 6.07) is 0. The molecule has 0 aliphatic rings. The van der Waals surface area contributed by atoms with Crippen LogP contribution in [0, 0.1) is 0 Å². The first-order chi connectivity index (χ1) is 10.8. The molecule has 0 unspecified atom stereocenters. The molecule has 0 amide bonds. The second-order valence-corrected chi connectivity index (χ2v) is 11.0. The second-order valence-electron chi connectivity index (χ2n) is 3.01. The zero-order chi connectivity index (χ0) is 21.8. The van der Waals surface area contributed by atoms with Crippen LogP contribution < -0.4 is 48.9 Å². The molecule has 0 fully saturated rings. The van der Waals surface area contributed by atoms with Gasteiger partial charge in [0.2, 0.25) is 0 Å². The van der Waals surface area contributed by atoms with Crippen LogP contribution in [0.4, 0.5) is 0 Å². The molecule has 0 spiro atoms. The summed E-state index contributed by atoms with van der Waals surface area (Å²) in [5.74, 6) is 0. The van der Waals surface area contributed by atoms with Crippen molar-refractivity contribution >= 4 is 236 Å². The van der Waals surface area contributed by atoms with Crippen LogP contribution in [0.3, 0.4) is 0 Å². The van der Waals surface area contributed by atoms with Gasteiger partial charge in [-0.25, -0.2) is 0 Å². The van der Waals surface area contributed by atoms with Crippen LogP contribution in [0.2, 0.25) is 0 Å². The van der Waals surface area contributed by atoms with Gasteiger partial charge in [-0.2, -0.15) is 0 Å². The van der Waals surface area contributed by atoms with E-state index in [2.05, 4.69) is 17.2 Å². The first-order valence-electron chi connectivity index (χ1n) is 4.38. The summed E-state index contributed by atoms with van der Waals surface area (Å²) in [7, 11) is -35.8. The maximum atomic E-state index is 10.1. The minimum Gasteiger partial charge on any atom is -0.790 e. The van der Waals surface area contributed by atoms with Crippen molar-refractivity contribution in [2.75, 3.05) is 0 Å². The fourth-order valence-electron chi connectivity index (χ4n) is 0.520. The van der Waals surface area contributed by atoms with Gasteiger partial charge in [-0.05, 0) is 0 Å². The van der Waals surface area contributed by atoms with Crippen LogP contribution in [0.5, 0.6) is 0 Å². The van der Waals surface area contributed by atoms with E-state index in [9.17, 15) is 76.3 Å². The van der Waals surface area contributed by atoms with Gasteiger partial charge in [0.1, 0.15) is 0 Å². The minimum absolute atomic E-state index is 0. The summed E-state index contributed by atoms with van der Waals surface area (Å²) in [5, 5.41) is 0. The number of hydrogen-bond acceptors (Lipinski definition) is 20. The van der Waals surface area contributed by atoms with Crippen molar-refractivity contribution < 1.29 is 93.6 Å². The molecule has 0 heterocycles. The Hall–Kier alpha value is 7.12. The van der Waals surface area contributed by atoms with E-state index < -0.39 is 46.9 Å². The van der Waals surface area contributed by atoms with Gasteiger partial charge in [0.05, 0.1) is 31.3 Å². The van der Waals surface area contributed by atoms with E-state index in [1.54, 1.807) is 0 Å². The number of hydrogen-bond donors (Lipinski definition) is 0. The third kappa shape index (κ3) is 47.3. The SMILES string of the molecule is O=P([O-])([O-])OP(=O)([O-])OP(=O)([O-])[O-].O=P([O-])([O-])OP(=O)([O-])OP(=O)([O-])[O-].[Ca+2].[Ca+2].[Ca+2].[Ca+2].[Ca+2]. The van der Waals surface area contributed by atoms with Crippen LogP contribution in [0.25, 0.3) is 0 Å². The Morgan fingerprint density at radius 1 is 0.323 bits per heavy atom. The predicted octanol–water partition coefficient (Wildman–Crippen LogP) is -9.61. The Morgan fingerprint density at radius 2 is 0.419 bits per heavy atom. The van der Waals surface area contributed by atoms with Gasteiger partial charge >= 0.3 is 189 Å². The molecular formula is Ca5O20P6. The van der Waals surface area contributed by atoms with Gasteiger partial charge in [-0.1, -0.05) is 0 Å². The van der Waals surface area contributed by atoms with Gasteiger partial charge < -0.3 is 67.2 Å². The Bertz CT molecular complexity index is 628. The standard InChI is InChI=1S/5Ca.2H5O10P3/c;;;;;2*1-11(2,3)9-13(7,8)10-12(4,5)6/h;;;;;2*(H,7,8)(H2,1,2,3)(H2,4,5,6)/q5*+2;;/p-10. The Kier molecular flexibility index (Phi) is 38.2. The quantitative estimate of drug-likeness (QED) is 0.167. The Morgan fingerprint density at radius 3 is 0.484 bits per heavy atom. The van der Waals surface area contributed by atoms with E-state index >= 15 is 0 Å². The van der Waals surface area contributed by atoms with E-state index in [0.717, 1.165) is 0 Å². The Balaban J connectivity index is -0.0000000640. The zero-order valence-electron chi connectivity index (χ0n) is 14.4. The van der Waals surface area contributed by atoms with Gasteiger partial charge in [-0.3, -0.25) is 26.4 Å². The average Bonchev–Trinajstić information content (AvgIpc) is 1.97. The van der Waals surface area contributed by atoms with Gasteiger partial charge in [0.25, 0.3) is 15.6 Å². The molecule has 31 heavy (non-hydrogen) atoms. The molecule has 0 aromatic rings. The van der Waals surface area contributed by atoms with E-state index in [4.69, 9.17) is 0 Å². The van der Waals surface area contributed by atoms with Crippen LogP contribution in [0.1, 0.15) is 0 Å². The maximum absolute atomic E-state index is 10.1. The first kappa shape index (κ1) is 54.2. The van der Waals surface area contributed by atoms with Crippen molar-refractivity contribution in [1.82, 2.24) is 0 Å². The maximum Gasteiger partial charge on any atom is 2.00 e. The van der Waals surface area contributed by atoms with E-state index in [0.29, 0.717) is 0 Å². The normalized spacial score (nSPS) is 12.2. The van der Waals surface area contributed by atoms with Crippen molar-refractivity contribution in [3.63, 3.8) is 0 Å². The van der Waals surface area contributed by atoms with E-state index in [-0.39, 0.29) is 189 Å². The molecule has 20 nitrogen and oxygen atoms in total. The number of phosphoric acid groups is 6. The van der Waals surface area contributed by atoms with Crippen LogP contribution >= 0.6 is 46.9 Å². The molecule has 0 rings (SSSR count). The minimum atomic E-state index is -5.97. The van der Waals surface area contributed by atoms with Crippen molar-refractivity contribution in [1.29, 1.82) is 0 Å². The molecule has 0 atom stereocenters. The fraction of sp³-hybridized carbons (Fsp3) is 0. The monoisotopic (exact) mass is 706 g/mol. The van der Waals surface area contributed by atoms with Crippen molar-refractivity contribution in [2.45, 2.75) is 0 Å². The van der Waals surface area contributed by atoms with Gasteiger partial charge in [0, 0.05) is 0 Å². The Labute approximate surface area is 322 Å². The van der Waals surface area contributed by atoms with Crippen molar-refractivity contribution in [3.8, 4) is 0 Å². The smallest absolute Gasteiger partial charge is 0.790 e. The van der Waals surface area contributed by atoms with Crippen molar-refractivity contribution in [3.05, 3.63) is 0 Å². The second kappa shape index (κ2) is 21.8. The summed E-state index contributed by atoms with van der Waals surface area (Å²) in [5.41, 5.74) is 0. The van der Waals surface area contributed by atoms with Crippen LogP contribution in [-0.4, -0.2) is 189 Å². The molecule has 0 aromatic heterocycles. The largest absolute Gasteiger partial charge is 2.00 e. The third-order valence-corrected chi connectivity index (χ3v) is 7.20. The summed E-state index contributed by atoms with van der Waals surface area (Å²) < 4.78 is 69.4. The molecular weight excluding hydrogens is 706 g/mol. The van der Waals surface area contributed by atoms with Crippen LogP contribution in [-0.2, 0) is 44.6 Å². The molecule has 160 valence electrons. The third-order valence-electron chi connectivity index (χ3n) is 0.800. The fourth-order valence-corrected chi connectivity index (χ4v) is 5.21. The molecule has 31 heteroatoms. The summed E-state index contributed by atoms with van der Waals surface area (Å²) in [6.45, 7) is 0. The molecule has 0 bridgehead atoms. The molecule has 0 saturated carbocycles. The molecule has 0 saturated heterocycles. The molecule has 0 aromatic carbocycles. The predicted molar refractivity (Wildman–Crippen MR) is 78.7 cm³/mol. The number of rotatable bonds is 8. The average molecular weight is 706 g/mol. The van der Waals surface area contributed by atoms with Crippen molar-refractivity contribution in [2.24, 2.45) is 0 Å². The van der Waals surface area contributed by atoms with Crippen LogP contribution in [0.15, 0.2) is 0 Å². The van der Waals surface area contributed by atoms with Gasteiger partial charge in [0.15, 0.2) is 0 Å². The molecule has 0 aliphatic heterocycles. The topological polar surface area (TPSA) is 370 Å². The molecule has 0 N–H and O–H groups in total.